The highest BCUT2D eigenvalue weighted by Gasteiger charge is 2.36. The van der Waals surface area contributed by atoms with Gasteiger partial charge < -0.3 is 4.90 Å². The zero-order valence-electron chi connectivity index (χ0n) is 13.0. The maximum atomic E-state index is 14.0. The summed E-state index contributed by atoms with van der Waals surface area (Å²) in [5, 5.41) is 0. The molecule has 2 unspecified atom stereocenters. The van der Waals surface area contributed by atoms with Gasteiger partial charge >= 0.3 is 0 Å². The van der Waals surface area contributed by atoms with E-state index in [4.69, 9.17) is 0 Å². The number of hydrogen-bond donors (Lipinski definition) is 0. The fourth-order valence-electron chi connectivity index (χ4n) is 3.02. The van der Waals surface area contributed by atoms with Crippen molar-refractivity contribution in [1.29, 1.82) is 0 Å². The predicted molar refractivity (Wildman–Crippen MR) is 83.6 cm³/mol. The van der Waals surface area contributed by atoms with Crippen LogP contribution >= 0.6 is 0 Å². The number of hydrogen-bond acceptors (Lipinski definition) is 3. The number of sulfone groups is 1. The Morgan fingerprint density at radius 3 is 2.68 bits per heavy atom. The number of carbonyl (C=O) groups is 1. The van der Waals surface area contributed by atoms with Gasteiger partial charge in [-0.3, -0.25) is 4.79 Å². The minimum atomic E-state index is -3.39. The Morgan fingerprint density at radius 1 is 1.36 bits per heavy atom. The summed E-state index contributed by atoms with van der Waals surface area (Å²) in [5.74, 6) is -1.03. The van der Waals surface area contributed by atoms with Crippen LogP contribution in [0.25, 0.3) is 0 Å². The van der Waals surface area contributed by atoms with Crippen molar-refractivity contribution in [3.8, 4) is 0 Å². The molecule has 0 bridgehead atoms. The molecule has 2 rings (SSSR count). The van der Waals surface area contributed by atoms with Crippen LogP contribution in [0.5, 0.6) is 0 Å². The predicted octanol–water partition coefficient (Wildman–Crippen LogP) is 2.56. The lowest BCUT2D eigenvalue weighted by atomic mass is 10.0. The van der Waals surface area contributed by atoms with Crippen molar-refractivity contribution in [3.63, 3.8) is 0 Å². The van der Waals surface area contributed by atoms with E-state index in [0.717, 1.165) is 0 Å². The van der Waals surface area contributed by atoms with Crippen LogP contribution in [0, 0.1) is 11.7 Å². The van der Waals surface area contributed by atoms with E-state index in [-0.39, 0.29) is 23.5 Å². The molecular formula is C16H22FNO3S. The molecule has 0 radical (unpaired) electrons. The van der Waals surface area contributed by atoms with E-state index in [0.29, 0.717) is 24.9 Å². The van der Waals surface area contributed by atoms with Gasteiger partial charge in [-0.15, -0.1) is 0 Å². The topological polar surface area (TPSA) is 54.5 Å². The Hall–Kier alpha value is -1.43. The van der Waals surface area contributed by atoms with Crippen molar-refractivity contribution in [2.45, 2.75) is 32.7 Å². The highest BCUT2D eigenvalue weighted by atomic mass is 32.2. The highest BCUT2D eigenvalue weighted by molar-refractivity contribution is 7.92. The third-order valence-corrected chi connectivity index (χ3v) is 5.67. The van der Waals surface area contributed by atoms with E-state index in [2.05, 4.69) is 0 Å². The number of likely N-dealkylation sites (tertiary alicyclic amines) is 1. The summed E-state index contributed by atoms with van der Waals surface area (Å²) in [6.45, 7) is 4.23. The Balaban J connectivity index is 2.21. The molecule has 1 aliphatic heterocycles. The van der Waals surface area contributed by atoms with Gasteiger partial charge in [0.25, 0.3) is 0 Å². The van der Waals surface area contributed by atoms with Gasteiger partial charge in [-0.25, -0.2) is 12.8 Å². The van der Waals surface area contributed by atoms with Crippen LogP contribution in [0.4, 0.5) is 4.39 Å². The van der Waals surface area contributed by atoms with E-state index in [1.165, 1.54) is 11.0 Å². The van der Waals surface area contributed by atoms with Crippen molar-refractivity contribution in [2.75, 3.05) is 18.1 Å². The second kappa shape index (κ2) is 6.77. The summed E-state index contributed by atoms with van der Waals surface area (Å²) in [7, 11) is -3.39. The first kappa shape index (κ1) is 16.9. The van der Waals surface area contributed by atoms with Crippen LogP contribution in [0.1, 0.15) is 38.3 Å². The van der Waals surface area contributed by atoms with Crippen LogP contribution in [0.2, 0.25) is 0 Å². The van der Waals surface area contributed by atoms with Gasteiger partial charge in [0.2, 0.25) is 5.91 Å². The molecule has 1 aliphatic rings. The Morgan fingerprint density at radius 2 is 2.05 bits per heavy atom. The zero-order chi connectivity index (χ0) is 16.3. The molecule has 0 aliphatic carbocycles. The van der Waals surface area contributed by atoms with Gasteiger partial charge in [-0.1, -0.05) is 32.0 Å². The summed E-state index contributed by atoms with van der Waals surface area (Å²) >= 11 is 0. The number of amides is 1. The molecule has 1 amide bonds. The monoisotopic (exact) mass is 327 g/mol. The lowest BCUT2D eigenvalue weighted by Gasteiger charge is -2.25. The van der Waals surface area contributed by atoms with Gasteiger partial charge in [0.05, 0.1) is 11.8 Å². The van der Waals surface area contributed by atoms with Gasteiger partial charge in [0.1, 0.15) is 11.6 Å². The highest BCUT2D eigenvalue weighted by Crippen LogP contribution is 2.36. The van der Waals surface area contributed by atoms with Crippen molar-refractivity contribution < 1.29 is 17.6 Å². The Labute approximate surface area is 131 Å². The molecule has 2 atom stereocenters. The number of nitrogens with zero attached hydrogens (tertiary/aromatic N) is 1. The van der Waals surface area contributed by atoms with Crippen LogP contribution < -0.4 is 0 Å². The smallest absolute Gasteiger partial charge is 0.238 e. The van der Waals surface area contributed by atoms with E-state index < -0.39 is 21.5 Å². The Bertz CT molecular complexity index is 645. The summed E-state index contributed by atoms with van der Waals surface area (Å²) in [4.78, 5) is 13.9. The van der Waals surface area contributed by atoms with E-state index in [1.807, 2.05) is 6.92 Å². The molecule has 1 fully saturated rings. The second-order valence-corrected chi connectivity index (χ2v) is 8.20. The largest absolute Gasteiger partial charge is 0.334 e. The maximum Gasteiger partial charge on any atom is 0.238 e. The van der Waals surface area contributed by atoms with E-state index in [1.54, 1.807) is 25.1 Å². The molecule has 0 N–H and O–H groups in total. The fourth-order valence-corrected chi connectivity index (χ4v) is 4.32. The van der Waals surface area contributed by atoms with Crippen molar-refractivity contribution in [3.05, 3.63) is 35.6 Å². The molecule has 6 heteroatoms. The third kappa shape index (κ3) is 3.85. The minimum absolute atomic E-state index is 0.00645. The number of rotatable bonds is 5. The molecule has 122 valence electrons. The number of carbonyl (C=O) groups excluding carboxylic acids is 1. The van der Waals surface area contributed by atoms with Crippen molar-refractivity contribution in [1.82, 2.24) is 4.90 Å². The molecule has 0 aromatic heterocycles. The lowest BCUT2D eigenvalue weighted by molar-refractivity contribution is -0.129. The molecule has 4 nitrogen and oxygen atoms in total. The first-order chi connectivity index (χ1) is 10.3. The van der Waals surface area contributed by atoms with Crippen LogP contribution in [-0.4, -0.2) is 37.3 Å². The summed E-state index contributed by atoms with van der Waals surface area (Å²) < 4.78 is 37.7. The van der Waals surface area contributed by atoms with Crippen LogP contribution in [0.3, 0.4) is 0 Å². The van der Waals surface area contributed by atoms with E-state index in [9.17, 15) is 17.6 Å². The standard InChI is InChI=1S/C16H22FNO3S/c1-3-8-22(20,21)11-16(19)18-10-12(2)9-15(18)13-6-4-5-7-14(13)17/h4-7,12,15H,3,8-11H2,1-2H3. The summed E-state index contributed by atoms with van der Waals surface area (Å²) in [6.07, 6.45) is 1.14. The lowest BCUT2D eigenvalue weighted by Crippen LogP contribution is -2.36. The molecular weight excluding hydrogens is 305 g/mol. The Kier molecular flexibility index (Phi) is 5.21. The van der Waals surface area contributed by atoms with Gasteiger partial charge in [-0.2, -0.15) is 0 Å². The van der Waals surface area contributed by atoms with Crippen molar-refractivity contribution >= 4 is 15.7 Å². The number of halogens is 1. The minimum Gasteiger partial charge on any atom is -0.334 e. The summed E-state index contributed by atoms with van der Waals surface area (Å²) in [6, 6.07) is 6.00. The molecule has 22 heavy (non-hydrogen) atoms. The zero-order valence-corrected chi connectivity index (χ0v) is 13.8. The first-order valence-corrected chi connectivity index (χ1v) is 9.40. The van der Waals surface area contributed by atoms with Crippen molar-refractivity contribution in [2.24, 2.45) is 5.92 Å². The third-order valence-electron chi connectivity index (χ3n) is 3.95. The molecule has 1 saturated heterocycles. The van der Waals surface area contributed by atoms with Crippen LogP contribution in [0.15, 0.2) is 24.3 Å². The number of benzene rings is 1. The molecule has 0 spiro atoms. The average molecular weight is 327 g/mol. The maximum absolute atomic E-state index is 14.0. The van der Waals surface area contributed by atoms with Gasteiger partial charge in [-0.05, 0) is 24.8 Å². The SMILES string of the molecule is CCCS(=O)(=O)CC(=O)N1CC(C)CC1c1ccccc1F. The normalized spacial score (nSPS) is 22.0. The second-order valence-electron chi connectivity index (χ2n) is 6.02. The molecule has 1 aromatic carbocycles. The molecule has 1 heterocycles. The van der Waals surface area contributed by atoms with Gasteiger partial charge in [0.15, 0.2) is 9.84 Å². The van der Waals surface area contributed by atoms with Crippen LogP contribution in [-0.2, 0) is 14.6 Å². The fraction of sp³-hybridized carbons (Fsp3) is 0.562. The van der Waals surface area contributed by atoms with Gasteiger partial charge in [0, 0.05) is 12.1 Å². The average Bonchev–Trinajstić information content (AvgIpc) is 2.80. The van der Waals surface area contributed by atoms with E-state index >= 15 is 0 Å². The molecule has 1 aromatic rings. The molecule has 0 saturated carbocycles. The quantitative estimate of drug-likeness (QED) is 0.835. The first-order valence-electron chi connectivity index (χ1n) is 7.58. The summed E-state index contributed by atoms with van der Waals surface area (Å²) in [5.41, 5.74) is 0.466.